The highest BCUT2D eigenvalue weighted by Gasteiger charge is 2.30. The van der Waals surface area contributed by atoms with Crippen molar-refractivity contribution in [1.29, 1.82) is 0 Å². The van der Waals surface area contributed by atoms with Gasteiger partial charge < -0.3 is 10.4 Å². The molecule has 4 nitrogen and oxygen atoms in total. The van der Waals surface area contributed by atoms with Crippen LogP contribution in [0.4, 0.5) is 13.2 Å². The van der Waals surface area contributed by atoms with E-state index in [1.807, 2.05) is 0 Å². The molecule has 0 radical (unpaired) electrons. The maximum Gasteiger partial charge on any atom is 0.416 e. The Bertz CT molecular complexity index is 437. The Morgan fingerprint density at radius 2 is 1.88 bits per heavy atom. The van der Waals surface area contributed by atoms with E-state index in [1.165, 1.54) is 0 Å². The molecular formula is C10H8F3NO3. The summed E-state index contributed by atoms with van der Waals surface area (Å²) in [6, 6.07) is 3.60. The predicted molar refractivity (Wildman–Crippen MR) is 51.4 cm³/mol. The van der Waals surface area contributed by atoms with Crippen molar-refractivity contribution < 1.29 is 27.9 Å². The highest BCUT2D eigenvalue weighted by molar-refractivity contribution is 5.91. The fraction of sp³-hybridized carbons (Fsp3) is 0.200. The third-order valence-electron chi connectivity index (χ3n) is 1.76. The van der Waals surface area contributed by atoms with Gasteiger partial charge in [-0.2, -0.15) is 13.2 Å². The van der Waals surface area contributed by atoms with E-state index in [9.17, 15) is 22.8 Å². The smallest absolute Gasteiger partial charge is 0.416 e. The molecule has 7 heteroatoms. The molecular weight excluding hydrogens is 239 g/mol. The number of nitrogens with one attached hydrogen (secondary N) is 1. The number of hydrogen-bond acceptors (Lipinski definition) is 2. The topological polar surface area (TPSA) is 76.3 Å². The van der Waals surface area contributed by atoms with Crippen LogP contribution in [0.25, 0.3) is 0 Å². The van der Waals surface area contributed by atoms with Crippen molar-refractivity contribution in [3.63, 3.8) is 0 Å². The molecule has 1 fully saturated rings. The van der Waals surface area contributed by atoms with Crippen LogP contribution in [0.2, 0.25) is 0 Å². The monoisotopic (exact) mass is 247 g/mol. The number of alkyl halides is 3. The maximum atomic E-state index is 12.0. The van der Waals surface area contributed by atoms with Gasteiger partial charge in [0, 0.05) is 0 Å². The van der Waals surface area contributed by atoms with Crippen LogP contribution in [0.1, 0.15) is 15.9 Å². The molecule has 1 aliphatic rings. The third kappa shape index (κ3) is 4.54. The second-order valence-electron chi connectivity index (χ2n) is 3.16. The van der Waals surface area contributed by atoms with Gasteiger partial charge in [0.05, 0.1) is 17.7 Å². The van der Waals surface area contributed by atoms with E-state index in [0.29, 0.717) is 12.6 Å². The Labute approximate surface area is 94.1 Å². The molecule has 0 spiro atoms. The molecule has 0 aromatic heterocycles. The van der Waals surface area contributed by atoms with E-state index in [2.05, 4.69) is 5.32 Å². The van der Waals surface area contributed by atoms with Gasteiger partial charge in [0.2, 0.25) is 5.91 Å². The number of benzene rings is 1. The molecule has 1 aromatic rings. The number of carboxylic acids is 1. The molecule has 0 unspecified atom stereocenters. The summed E-state index contributed by atoms with van der Waals surface area (Å²) in [7, 11) is 0. The average molecular weight is 247 g/mol. The second-order valence-corrected chi connectivity index (χ2v) is 3.16. The lowest BCUT2D eigenvalue weighted by Crippen LogP contribution is -2.06. The largest absolute Gasteiger partial charge is 0.478 e. The molecule has 0 saturated carbocycles. The number of carbonyl (C=O) groups is 2. The van der Waals surface area contributed by atoms with Crippen LogP contribution in [-0.4, -0.2) is 23.5 Å². The Balaban J connectivity index is 0.000000302. The second kappa shape index (κ2) is 4.86. The van der Waals surface area contributed by atoms with Gasteiger partial charge in [0.1, 0.15) is 0 Å². The highest BCUT2D eigenvalue weighted by atomic mass is 19.4. The van der Waals surface area contributed by atoms with Crippen LogP contribution in [0.15, 0.2) is 24.3 Å². The van der Waals surface area contributed by atoms with Gasteiger partial charge in [0.25, 0.3) is 0 Å². The quantitative estimate of drug-likeness (QED) is 0.738. The first-order valence-corrected chi connectivity index (χ1v) is 4.48. The van der Waals surface area contributed by atoms with Crippen molar-refractivity contribution in [2.24, 2.45) is 0 Å². The zero-order chi connectivity index (χ0) is 13.1. The lowest BCUT2D eigenvalue weighted by Gasteiger charge is -2.06. The standard InChI is InChI=1S/C8H5F3O2.C2H3NO/c9-8(10,11)6-3-1-2-5(4-6)7(12)13;4-2-1-3-2/h1-4H,(H,12,13);1H2,(H,3,4). The minimum absolute atomic E-state index is 0.167. The Morgan fingerprint density at radius 1 is 1.35 bits per heavy atom. The SMILES string of the molecule is O=C(O)c1cccc(C(F)(F)F)c1.O=C1CN1. The highest BCUT2D eigenvalue weighted by Crippen LogP contribution is 2.29. The molecule has 92 valence electrons. The number of aromatic carboxylic acids is 1. The van der Waals surface area contributed by atoms with Crippen LogP contribution in [0.5, 0.6) is 0 Å². The van der Waals surface area contributed by atoms with Crippen LogP contribution >= 0.6 is 0 Å². The molecule has 1 saturated heterocycles. The maximum absolute atomic E-state index is 12.0. The van der Waals surface area contributed by atoms with E-state index >= 15 is 0 Å². The van der Waals surface area contributed by atoms with Crippen LogP contribution < -0.4 is 5.32 Å². The fourth-order valence-electron chi connectivity index (χ4n) is 0.865. The first-order chi connectivity index (χ1) is 7.80. The molecule has 1 heterocycles. The van der Waals surface area contributed by atoms with E-state index in [0.717, 1.165) is 18.2 Å². The summed E-state index contributed by atoms with van der Waals surface area (Å²) in [6.07, 6.45) is -4.49. The van der Waals surface area contributed by atoms with Crippen LogP contribution in [0.3, 0.4) is 0 Å². The van der Waals surface area contributed by atoms with Gasteiger partial charge in [-0.25, -0.2) is 4.79 Å². The molecule has 2 N–H and O–H groups in total. The first-order valence-electron chi connectivity index (χ1n) is 4.48. The lowest BCUT2D eigenvalue weighted by atomic mass is 10.1. The van der Waals surface area contributed by atoms with Crippen LogP contribution in [-0.2, 0) is 11.0 Å². The zero-order valence-electron chi connectivity index (χ0n) is 8.41. The summed E-state index contributed by atoms with van der Waals surface area (Å²) in [6.45, 7) is 0.597. The number of amides is 1. The number of rotatable bonds is 1. The molecule has 17 heavy (non-hydrogen) atoms. The summed E-state index contributed by atoms with van der Waals surface area (Å²) in [5, 5.41) is 10.9. The predicted octanol–water partition coefficient (Wildman–Crippen LogP) is 1.52. The minimum atomic E-state index is -4.49. The van der Waals surface area contributed by atoms with E-state index in [1.54, 1.807) is 0 Å². The van der Waals surface area contributed by atoms with Gasteiger partial charge >= 0.3 is 12.1 Å². The normalized spacial score (nSPS) is 13.2. The number of carboxylic acid groups (broad SMARTS) is 1. The number of carbonyl (C=O) groups excluding carboxylic acids is 1. The van der Waals surface area contributed by atoms with Crippen molar-refractivity contribution in [2.75, 3.05) is 6.54 Å². The van der Waals surface area contributed by atoms with Crippen molar-refractivity contribution in [2.45, 2.75) is 6.18 Å². The van der Waals surface area contributed by atoms with Gasteiger partial charge in [-0.3, -0.25) is 4.79 Å². The van der Waals surface area contributed by atoms with Crippen molar-refractivity contribution in [3.05, 3.63) is 35.4 Å². The third-order valence-corrected chi connectivity index (χ3v) is 1.76. The fourth-order valence-corrected chi connectivity index (χ4v) is 0.865. The van der Waals surface area contributed by atoms with Gasteiger partial charge in [-0.1, -0.05) is 6.07 Å². The zero-order valence-corrected chi connectivity index (χ0v) is 8.41. The molecule has 1 aliphatic heterocycles. The molecule has 1 aromatic carbocycles. The van der Waals surface area contributed by atoms with Crippen molar-refractivity contribution >= 4 is 11.9 Å². The summed E-state index contributed by atoms with van der Waals surface area (Å²) in [5.41, 5.74) is -1.32. The minimum Gasteiger partial charge on any atom is -0.478 e. The number of halogens is 3. The Hall–Kier alpha value is -2.05. The van der Waals surface area contributed by atoms with E-state index < -0.39 is 17.7 Å². The molecule has 2 rings (SSSR count). The van der Waals surface area contributed by atoms with Crippen molar-refractivity contribution in [3.8, 4) is 0 Å². The summed E-state index contributed by atoms with van der Waals surface area (Å²) in [4.78, 5) is 19.8. The molecule has 0 aliphatic carbocycles. The Morgan fingerprint density at radius 3 is 2.24 bits per heavy atom. The van der Waals surface area contributed by atoms with Crippen molar-refractivity contribution in [1.82, 2.24) is 5.32 Å². The molecule has 0 atom stereocenters. The van der Waals surface area contributed by atoms with E-state index in [-0.39, 0.29) is 11.5 Å². The van der Waals surface area contributed by atoms with Crippen LogP contribution in [0, 0.1) is 0 Å². The lowest BCUT2D eigenvalue weighted by molar-refractivity contribution is -0.137. The van der Waals surface area contributed by atoms with E-state index in [4.69, 9.17) is 5.11 Å². The summed E-state index contributed by atoms with van der Waals surface area (Å²) >= 11 is 0. The number of hydrogen-bond donors (Lipinski definition) is 2. The summed E-state index contributed by atoms with van der Waals surface area (Å²) in [5.74, 6) is -1.20. The molecule has 1 amide bonds. The summed E-state index contributed by atoms with van der Waals surface area (Å²) < 4.78 is 36.1. The van der Waals surface area contributed by atoms with Gasteiger partial charge in [0.15, 0.2) is 0 Å². The molecule has 0 bridgehead atoms. The van der Waals surface area contributed by atoms with Gasteiger partial charge in [-0.05, 0) is 18.2 Å². The first kappa shape index (κ1) is 13.0. The Kier molecular flexibility index (Phi) is 3.72. The average Bonchev–Trinajstić information content (AvgIpc) is 3.00. The van der Waals surface area contributed by atoms with Gasteiger partial charge in [-0.15, -0.1) is 0 Å².